The summed E-state index contributed by atoms with van der Waals surface area (Å²) in [5.41, 5.74) is 0.740. The molecule has 6 heteroatoms. The van der Waals surface area contributed by atoms with Crippen LogP contribution in [-0.4, -0.2) is 10.8 Å². The van der Waals surface area contributed by atoms with E-state index >= 15 is 0 Å². The SMILES string of the molecule is O=C1CC(c2cccs2)N1c1ccc([N+](=O)[O-])cc1. The molecule has 3 rings (SSSR count). The molecule has 1 fully saturated rings. The Kier molecular flexibility index (Phi) is 2.79. The molecule has 1 aromatic heterocycles. The zero-order valence-corrected chi connectivity index (χ0v) is 10.7. The molecule has 0 saturated carbocycles. The van der Waals surface area contributed by atoms with Crippen LogP contribution in [0, 0.1) is 10.1 Å². The molecule has 1 aromatic carbocycles. The van der Waals surface area contributed by atoms with Gasteiger partial charge in [0.05, 0.1) is 17.4 Å². The minimum absolute atomic E-state index is 0.0318. The average Bonchev–Trinajstić information content (AvgIpc) is 2.89. The third kappa shape index (κ3) is 2.00. The molecule has 1 aliphatic rings. The fourth-order valence-electron chi connectivity index (χ4n) is 2.18. The molecule has 0 N–H and O–H groups in total. The maximum Gasteiger partial charge on any atom is 0.269 e. The quantitative estimate of drug-likeness (QED) is 0.490. The van der Waals surface area contributed by atoms with Gasteiger partial charge in [-0.2, -0.15) is 0 Å². The number of benzene rings is 1. The standard InChI is InChI=1S/C13H10N2O3S/c16-13-8-11(12-2-1-7-19-12)14(13)9-3-5-10(6-4-9)15(17)18/h1-7,11H,8H2. The number of nitro groups is 1. The number of anilines is 1. The number of nitrogens with zero attached hydrogens (tertiary/aromatic N) is 2. The summed E-state index contributed by atoms with van der Waals surface area (Å²) in [6, 6.07) is 10.1. The number of hydrogen-bond acceptors (Lipinski definition) is 4. The van der Waals surface area contributed by atoms with Gasteiger partial charge in [0.2, 0.25) is 5.91 Å². The number of carbonyl (C=O) groups is 1. The molecule has 2 heterocycles. The van der Waals surface area contributed by atoms with Crippen LogP contribution < -0.4 is 4.90 Å². The molecule has 1 aliphatic heterocycles. The second kappa shape index (κ2) is 4.47. The van der Waals surface area contributed by atoms with E-state index in [4.69, 9.17) is 0 Å². The van der Waals surface area contributed by atoms with Gasteiger partial charge in [-0.1, -0.05) is 6.07 Å². The first-order valence-electron chi connectivity index (χ1n) is 5.77. The smallest absolute Gasteiger partial charge is 0.269 e. The van der Waals surface area contributed by atoms with Crippen LogP contribution in [0.15, 0.2) is 41.8 Å². The van der Waals surface area contributed by atoms with E-state index in [1.807, 2.05) is 17.5 Å². The summed E-state index contributed by atoms with van der Waals surface area (Å²) < 4.78 is 0. The third-order valence-corrected chi connectivity index (χ3v) is 4.13. The Bertz CT molecular complexity index is 622. The van der Waals surface area contributed by atoms with Gasteiger partial charge in [0.15, 0.2) is 0 Å². The van der Waals surface area contributed by atoms with Gasteiger partial charge in [-0.05, 0) is 23.6 Å². The van der Waals surface area contributed by atoms with Crippen LogP contribution in [0.2, 0.25) is 0 Å². The number of nitro benzene ring substituents is 1. The van der Waals surface area contributed by atoms with Crippen molar-refractivity contribution in [2.45, 2.75) is 12.5 Å². The van der Waals surface area contributed by atoms with Gasteiger partial charge in [0.25, 0.3) is 5.69 Å². The predicted molar refractivity (Wildman–Crippen MR) is 72.3 cm³/mol. The van der Waals surface area contributed by atoms with Crippen molar-refractivity contribution < 1.29 is 9.72 Å². The number of amides is 1. The van der Waals surface area contributed by atoms with Crippen molar-refractivity contribution in [1.82, 2.24) is 0 Å². The van der Waals surface area contributed by atoms with Crippen molar-refractivity contribution in [2.75, 3.05) is 4.90 Å². The van der Waals surface area contributed by atoms with Gasteiger partial charge < -0.3 is 4.90 Å². The molecule has 0 spiro atoms. The highest BCUT2D eigenvalue weighted by Crippen LogP contribution is 2.40. The molecule has 1 saturated heterocycles. The normalized spacial score (nSPS) is 18.2. The molecule has 0 aliphatic carbocycles. The van der Waals surface area contributed by atoms with E-state index in [2.05, 4.69) is 0 Å². The Morgan fingerprint density at radius 1 is 1.26 bits per heavy atom. The fourth-order valence-corrected chi connectivity index (χ4v) is 3.00. The summed E-state index contributed by atoms with van der Waals surface area (Å²) >= 11 is 1.61. The highest BCUT2D eigenvalue weighted by molar-refractivity contribution is 7.10. The molecule has 0 bridgehead atoms. The van der Waals surface area contributed by atoms with E-state index in [-0.39, 0.29) is 17.6 Å². The Hall–Kier alpha value is -2.21. The zero-order valence-electron chi connectivity index (χ0n) is 9.85. The Balaban J connectivity index is 1.88. The van der Waals surface area contributed by atoms with Gasteiger partial charge in [-0.3, -0.25) is 14.9 Å². The maximum atomic E-state index is 11.8. The third-order valence-electron chi connectivity index (χ3n) is 3.16. The number of thiophene rings is 1. The van der Waals surface area contributed by atoms with Crippen LogP contribution in [0.25, 0.3) is 0 Å². The van der Waals surface area contributed by atoms with Crippen molar-refractivity contribution in [1.29, 1.82) is 0 Å². The van der Waals surface area contributed by atoms with Crippen LogP contribution in [0.4, 0.5) is 11.4 Å². The van der Waals surface area contributed by atoms with Crippen molar-refractivity contribution in [3.05, 3.63) is 56.8 Å². The van der Waals surface area contributed by atoms with Crippen LogP contribution in [0.3, 0.4) is 0 Å². The summed E-state index contributed by atoms with van der Waals surface area (Å²) in [7, 11) is 0. The summed E-state index contributed by atoms with van der Waals surface area (Å²) in [4.78, 5) is 24.7. The second-order valence-electron chi connectivity index (χ2n) is 4.27. The lowest BCUT2D eigenvalue weighted by Crippen LogP contribution is -2.46. The highest BCUT2D eigenvalue weighted by Gasteiger charge is 2.38. The summed E-state index contributed by atoms with van der Waals surface area (Å²) in [5, 5.41) is 12.6. The molecule has 19 heavy (non-hydrogen) atoms. The molecule has 0 radical (unpaired) electrons. The molecule has 5 nitrogen and oxygen atoms in total. The minimum atomic E-state index is -0.446. The summed E-state index contributed by atoms with van der Waals surface area (Å²) in [5.74, 6) is 0.0484. The van der Waals surface area contributed by atoms with E-state index in [0.717, 1.165) is 4.88 Å². The molecular formula is C13H10N2O3S. The van der Waals surface area contributed by atoms with E-state index in [1.54, 1.807) is 28.4 Å². The number of non-ortho nitro benzene ring substituents is 1. The lowest BCUT2D eigenvalue weighted by atomic mass is 9.99. The van der Waals surface area contributed by atoms with Crippen molar-refractivity contribution in [3.63, 3.8) is 0 Å². The van der Waals surface area contributed by atoms with Crippen molar-refractivity contribution in [3.8, 4) is 0 Å². The lowest BCUT2D eigenvalue weighted by Gasteiger charge is -2.39. The van der Waals surface area contributed by atoms with Gasteiger partial charge in [-0.25, -0.2) is 0 Å². The Morgan fingerprint density at radius 3 is 2.53 bits per heavy atom. The summed E-state index contributed by atoms with van der Waals surface area (Å²) in [6.45, 7) is 0. The topological polar surface area (TPSA) is 63.5 Å². The van der Waals surface area contributed by atoms with Gasteiger partial charge in [0, 0.05) is 22.7 Å². The second-order valence-corrected chi connectivity index (χ2v) is 5.25. The number of β-lactam (4-membered cyclic amide) rings is 1. The highest BCUT2D eigenvalue weighted by atomic mass is 32.1. The first-order valence-corrected chi connectivity index (χ1v) is 6.64. The molecule has 96 valence electrons. The van der Waals surface area contributed by atoms with E-state index in [1.165, 1.54) is 12.1 Å². The molecule has 2 aromatic rings. The summed E-state index contributed by atoms with van der Waals surface area (Å²) in [6.07, 6.45) is 0.498. The van der Waals surface area contributed by atoms with Crippen LogP contribution >= 0.6 is 11.3 Å². The first-order chi connectivity index (χ1) is 9.16. The van der Waals surface area contributed by atoms with Gasteiger partial charge >= 0.3 is 0 Å². The van der Waals surface area contributed by atoms with E-state index < -0.39 is 4.92 Å². The molecular weight excluding hydrogens is 264 g/mol. The lowest BCUT2D eigenvalue weighted by molar-refractivity contribution is -0.384. The predicted octanol–water partition coefficient (Wildman–Crippen LogP) is 3.13. The molecule has 1 unspecified atom stereocenters. The monoisotopic (exact) mass is 274 g/mol. The van der Waals surface area contributed by atoms with E-state index in [0.29, 0.717) is 12.1 Å². The van der Waals surface area contributed by atoms with Crippen LogP contribution in [0.1, 0.15) is 17.3 Å². The first kappa shape index (κ1) is 11.9. The Labute approximate surface area is 113 Å². The van der Waals surface area contributed by atoms with Crippen molar-refractivity contribution in [2.24, 2.45) is 0 Å². The molecule has 1 amide bonds. The van der Waals surface area contributed by atoms with E-state index in [9.17, 15) is 14.9 Å². The van der Waals surface area contributed by atoms with Gasteiger partial charge in [0.1, 0.15) is 0 Å². The average molecular weight is 274 g/mol. The van der Waals surface area contributed by atoms with Crippen LogP contribution in [-0.2, 0) is 4.79 Å². The largest absolute Gasteiger partial charge is 0.304 e. The van der Waals surface area contributed by atoms with Gasteiger partial charge in [-0.15, -0.1) is 11.3 Å². The maximum absolute atomic E-state index is 11.8. The minimum Gasteiger partial charge on any atom is -0.304 e. The fraction of sp³-hybridized carbons (Fsp3) is 0.154. The molecule has 1 atom stereocenters. The number of rotatable bonds is 3. The number of hydrogen-bond donors (Lipinski definition) is 0. The van der Waals surface area contributed by atoms with Crippen LogP contribution in [0.5, 0.6) is 0 Å². The van der Waals surface area contributed by atoms with Crippen molar-refractivity contribution >= 4 is 28.6 Å². The zero-order chi connectivity index (χ0) is 13.4. The number of carbonyl (C=O) groups excluding carboxylic acids is 1. The Morgan fingerprint density at radius 2 is 2.00 bits per heavy atom.